The minimum absolute atomic E-state index is 0.0489. The van der Waals surface area contributed by atoms with Gasteiger partial charge in [-0.15, -0.1) is 0 Å². The number of rotatable bonds is 1. The third kappa shape index (κ3) is 2.62. The van der Waals surface area contributed by atoms with Gasteiger partial charge in [0.15, 0.2) is 0 Å². The molecule has 0 aliphatic carbocycles. The molecule has 0 spiro atoms. The second-order valence-electron chi connectivity index (χ2n) is 2.68. The van der Waals surface area contributed by atoms with Gasteiger partial charge in [0.2, 0.25) is 0 Å². The van der Waals surface area contributed by atoms with Crippen molar-refractivity contribution in [1.29, 1.82) is 0 Å². The summed E-state index contributed by atoms with van der Waals surface area (Å²) < 4.78 is 0. The zero-order valence-corrected chi connectivity index (χ0v) is 8.38. The summed E-state index contributed by atoms with van der Waals surface area (Å²) in [5.74, 6) is 3.73. The lowest BCUT2D eigenvalue weighted by Gasteiger charge is -2.04. The van der Waals surface area contributed by atoms with Crippen LogP contribution in [0, 0.1) is 11.8 Å². The first-order valence-corrected chi connectivity index (χ1v) is 4.36. The van der Waals surface area contributed by atoms with E-state index in [4.69, 9.17) is 27.5 Å². The van der Waals surface area contributed by atoms with Crippen molar-refractivity contribution in [2.45, 2.75) is 0 Å². The molecule has 0 atom stereocenters. The highest BCUT2D eigenvalue weighted by molar-refractivity contribution is 6.31. The number of aliphatic hydroxyl groups is 1. The van der Waals surface area contributed by atoms with E-state index < -0.39 is 5.97 Å². The van der Waals surface area contributed by atoms with Crippen LogP contribution in [0.4, 0.5) is 5.69 Å². The van der Waals surface area contributed by atoms with Crippen molar-refractivity contribution in [1.82, 2.24) is 0 Å². The van der Waals surface area contributed by atoms with Gasteiger partial charge in [0.25, 0.3) is 0 Å². The summed E-state index contributed by atoms with van der Waals surface area (Å²) in [6.07, 6.45) is 0. The summed E-state index contributed by atoms with van der Waals surface area (Å²) >= 11 is 5.70. The topological polar surface area (TPSA) is 83.5 Å². The van der Waals surface area contributed by atoms with Crippen LogP contribution in [0.1, 0.15) is 15.9 Å². The first-order chi connectivity index (χ1) is 7.06. The average Bonchev–Trinajstić information content (AvgIpc) is 2.18. The average molecular weight is 226 g/mol. The van der Waals surface area contributed by atoms with Crippen molar-refractivity contribution in [2.24, 2.45) is 0 Å². The summed E-state index contributed by atoms with van der Waals surface area (Å²) in [5, 5.41) is 17.5. The third-order valence-electron chi connectivity index (χ3n) is 1.68. The number of carbonyl (C=O) groups is 1. The number of anilines is 1. The Labute approximate surface area is 91.3 Å². The van der Waals surface area contributed by atoms with Gasteiger partial charge >= 0.3 is 5.97 Å². The molecule has 0 aliphatic rings. The summed E-state index contributed by atoms with van der Waals surface area (Å²) in [6, 6.07) is 2.70. The van der Waals surface area contributed by atoms with Crippen molar-refractivity contribution in [3.8, 4) is 11.8 Å². The number of hydrogen-bond donors (Lipinski definition) is 3. The van der Waals surface area contributed by atoms with Crippen LogP contribution in [-0.2, 0) is 0 Å². The Morgan fingerprint density at radius 3 is 2.73 bits per heavy atom. The largest absolute Gasteiger partial charge is 0.478 e. The fraction of sp³-hybridized carbons (Fsp3) is 0.100. The quantitative estimate of drug-likeness (QED) is 0.491. The number of nitrogens with two attached hydrogens (primary N) is 1. The Hall–Kier alpha value is -1.70. The molecule has 1 aromatic carbocycles. The smallest absolute Gasteiger partial charge is 0.337 e. The van der Waals surface area contributed by atoms with Crippen LogP contribution < -0.4 is 5.73 Å². The predicted octanol–water partition coefficient (Wildman–Crippen LogP) is 0.964. The zero-order chi connectivity index (χ0) is 11.4. The summed E-state index contributed by atoms with van der Waals surface area (Å²) in [4.78, 5) is 10.8. The number of carboxylic acids is 1. The van der Waals surface area contributed by atoms with Crippen LogP contribution in [0.5, 0.6) is 0 Å². The molecule has 0 aliphatic heterocycles. The van der Waals surface area contributed by atoms with E-state index in [9.17, 15) is 4.79 Å². The predicted molar refractivity (Wildman–Crippen MR) is 56.8 cm³/mol. The normalized spacial score (nSPS) is 9.20. The Kier molecular flexibility index (Phi) is 3.56. The van der Waals surface area contributed by atoms with E-state index in [1.165, 1.54) is 12.1 Å². The van der Waals surface area contributed by atoms with Gasteiger partial charge in [-0.1, -0.05) is 23.4 Å². The second-order valence-corrected chi connectivity index (χ2v) is 3.12. The third-order valence-corrected chi connectivity index (χ3v) is 1.90. The van der Waals surface area contributed by atoms with E-state index in [1.807, 2.05) is 0 Å². The maximum Gasteiger partial charge on any atom is 0.337 e. The summed E-state index contributed by atoms with van der Waals surface area (Å²) in [7, 11) is 0. The molecule has 1 aromatic rings. The van der Waals surface area contributed by atoms with E-state index in [2.05, 4.69) is 11.8 Å². The van der Waals surface area contributed by atoms with Crippen molar-refractivity contribution < 1.29 is 15.0 Å². The molecule has 78 valence electrons. The van der Waals surface area contributed by atoms with Gasteiger partial charge in [0.05, 0.1) is 11.3 Å². The van der Waals surface area contributed by atoms with Crippen LogP contribution in [0.15, 0.2) is 12.1 Å². The molecule has 0 saturated heterocycles. The van der Waals surface area contributed by atoms with E-state index >= 15 is 0 Å². The monoisotopic (exact) mass is 225 g/mol. The molecule has 0 radical (unpaired) electrons. The number of benzene rings is 1. The molecule has 5 heteroatoms. The van der Waals surface area contributed by atoms with Crippen LogP contribution in [0.3, 0.4) is 0 Å². The van der Waals surface area contributed by atoms with Gasteiger partial charge in [-0.3, -0.25) is 0 Å². The van der Waals surface area contributed by atoms with Crippen LogP contribution in [0.2, 0.25) is 5.02 Å². The highest BCUT2D eigenvalue weighted by atomic mass is 35.5. The van der Waals surface area contributed by atoms with Gasteiger partial charge in [-0.05, 0) is 12.1 Å². The lowest BCUT2D eigenvalue weighted by Crippen LogP contribution is -2.04. The van der Waals surface area contributed by atoms with Crippen LogP contribution in [-0.4, -0.2) is 22.8 Å². The molecule has 1 rings (SSSR count). The molecule has 15 heavy (non-hydrogen) atoms. The first-order valence-electron chi connectivity index (χ1n) is 3.98. The zero-order valence-electron chi connectivity index (χ0n) is 7.62. The SMILES string of the molecule is Nc1c(C#CCO)cc(Cl)cc1C(=O)O. The van der Waals surface area contributed by atoms with Gasteiger partial charge in [0, 0.05) is 10.6 Å². The van der Waals surface area contributed by atoms with Crippen molar-refractivity contribution in [3.05, 3.63) is 28.3 Å². The lowest BCUT2D eigenvalue weighted by atomic mass is 10.1. The molecular formula is C10H8ClNO3. The standard InChI is InChI=1S/C10H8ClNO3/c11-7-4-6(2-1-3-13)9(12)8(5-7)10(14)15/h4-5,13H,3,12H2,(H,14,15). The molecule has 0 unspecified atom stereocenters. The van der Waals surface area contributed by atoms with Gasteiger partial charge in [-0.25, -0.2) is 4.79 Å². The van der Waals surface area contributed by atoms with E-state index in [-0.39, 0.29) is 22.9 Å². The molecular weight excluding hydrogens is 218 g/mol. The van der Waals surface area contributed by atoms with E-state index in [1.54, 1.807) is 0 Å². The maximum atomic E-state index is 10.8. The van der Waals surface area contributed by atoms with E-state index in [0.717, 1.165) is 0 Å². The fourth-order valence-corrected chi connectivity index (χ4v) is 1.25. The molecule has 0 fully saturated rings. The van der Waals surface area contributed by atoms with Crippen molar-refractivity contribution in [3.63, 3.8) is 0 Å². The van der Waals surface area contributed by atoms with Crippen LogP contribution >= 0.6 is 11.6 Å². The van der Waals surface area contributed by atoms with Gasteiger partial charge in [0.1, 0.15) is 6.61 Å². The Bertz CT molecular complexity index is 460. The highest BCUT2D eigenvalue weighted by Crippen LogP contribution is 2.22. The number of aliphatic hydroxyl groups excluding tert-OH is 1. The molecule has 0 saturated carbocycles. The minimum atomic E-state index is -1.16. The fourth-order valence-electron chi connectivity index (χ4n) is 1.03. The lowest BCUT2D eigenvalue weighted by molar-refractivity contribution is 0.0698. The van der Waals surface area contributed by atoms with Gasteiger partial charge in [-0.2, -0.15) is 0 Å². The Morgan fingerprint density at radius 2 is 2.20 bits per heavy atom. The Balaban J connectivity index is 3.34. The number of hydrogen-bond acceptors (Lipinski definition) is 3. The molecule has 0 bridgehead atoms. The molecule has 4 N–H and O–H groups in total. The number of carboxylic acid groups (broad SMARTS) is 1. The van der Waals surface area contributed by atoms with Crippen molar-refractivity contribution >= 4 is 23.3 Å². The van der Waals surface area contributed by atoms with Crippen molar-refractivity contribution in [2.75, 3.05) is 12.3 Å². The summed E-state index contributed by atoms with van der Waals surface area (Å²) in [6.45, 7) is -0.325. The number of aromatic carboxylic acids is 1. The molecule has 0 amide bonds. The summed E-state index contributed by atoms with van der Waals surface area (Å²) in [5.41, 5.74) is 5.83. The van der Waals surface area contributed by atoms with E-state index in [0.29, 0.717) is 5.56 Å². The number of nitrogen functional groups attached to an aromatic ring is 1. The maximum absolute atomic E-state index is 10.8. The molecule has 0 heterocycles. The molecule has 4 nitrogen and oxygen atoms in total. The number of halogens is 1. The Morgan fingerprint density at radius 1 is 1.53 bits per heavy atom. The van der Waals surface area contributed by atoms with Crippen LogP contribution in [0.25, 0.3) is 0 Å². The first kappa shape index (κ1) is 11.4. The molecule has 0 aromatic heterocycles. The second kappa shape index (κ2) is 4.69. The minimum Gasteiger partial charge on any atom is -0.478 e. The van der Waals surface area contributed by atoms with Gasteiger partial charge < -0.3 is 15.9 Å². The highest BCUT2D eigenvalue weighted by Gasteiger charge is 2.11.